The molecule has 1 aliphatic rings. The molecule has 0 bridgehead atoms. The SMILES string of the molecule is NC1CN(c2cnc(Cl)c(Cl)c2)CC1CO. The van der Waals surface area contributed by atoms with E-state index in [1.54, 1.807) is 12.3 Å². The molecular weight excluding hydrogens is 249 g/mol. The van der Waals surface area contributed by atoms with Crippen LogP contribution in [0.15, 0.2) is 12.3 Å². The van der Waals surface area contributed by atoms with Gasteiger partial charge in [0.05, 0.1) is 16.9 Å². The summed E-state index contributed by atoms with van der Waals surface area (Å²) in [5.74, 6) is 0.106. The Kier molecular flexibility index (Phi) is 3.54. The van der Waals surface area contributed by atoms with E-state index >= 15 is 0 Å². The Labute approximate surface area is 104 Å². The van der Waals surface area contributed by atoms with Crippen molar-refractivity contribution in [1.82, 2.24) is 4.98 Å². The predicted octanol–water partition coefficient (Wildman–Crippen LogP) is 1.14. The van der Waals surface area contributed by atoms with E-state index in [2.05, 4.69) is 9.88 Å². The molecule has 1 aromatic rings. The molecule has 0 aromatic carbocycles. The molecule has 1 aliphatic heterocycles. The topological polar surface area (TPSA) is 62.4 Å². The lowest BCUT2D eigenvalue weighted by Gasteiger charge is -2.18. The smallest absolute Gasteiger partial charge is 0.147 e. The van der Waals surface area contributed by atoms with E-state index in [0.717, 1.165) is 12.2 Å². The Bertz CT molecular complexity index is 388. The van der Waals surface area contributed by atoms with Gasteiger partial charge in [-0.3, -0.25) is 0 Å². The van der Waals surface area contributed by atoms with Crippen LogP contribution in [0.3, 0.4) is 0 Å². The molecule has 2 atom stereocenters. The molecule has 1 fully saturated rings. The maximum absolute atomic E-state index is 9.13. The number of aliphatic hydroxyl groups is 1. The number of nitrogens with zero attached hydrogens (tertiary/aromatic N) is 2. The Balaban J connectivity index is 2.17. The van der Waals surface area contributed by atoms with Crippen molar-refractivity contribution in [2.24, 2.45) is 11.7 Å². The molecule has 6 heteroatoms. The van der Waals surface area contributed by atoms with Crippen LogP contribution in [0.4, 0.5) is 5.69 Å². The monoisotopic (exact) mass is 261 g/mol. The van der Waals surface area contributed by atoms with Crippen LogP contribution in [0.1, 0.15) is 0 Å². The average molecular weight is 262 g/mol. The Morgan fingerprint density at radius 2 is 2.25 bits per heavy atom. The zero-order chi connectivity index (χ0) is 11.7. The largest absolute Gasteiger partial charge is 0.396 e. The van der Waals surface area contributed by atoms with Crippen LogP contribution in [0.2, 0.25) is 10.2 Å². The van der Waals surface area contributed by atoms with Crippen LogP contribution >= 0.6 is 23.2 Å². The van der Waals surface area contributed by atoms with Crippen LogP contribution in [0.25, 0.3) is 0 Å². The molecule has 2 unspecified atom stereocenters. The fourth-order valence-electron chi connectivity index (χ4n) is 1.88. The summed E-state index contributed by atoms with van der Waals surface area (Å²) in [5.41, 5.74) is 6.79. The van der Waals surface area contributed by atoms with Crippen molar-refractivity contribution in [2.45, 2.75) is 6.04 Å². The summed E-state index contributed by atoms with van der Waals surface area (Å²) in [6, 6.07) is 1.75. The molecule has 0 radical (unpaired) electrons. The number of anilines is 1. The van der Waals surface area contributed by atoms with Gasteiger partial charge in [-0.2, -0.15) is 0 Å². The van der Waals surface area contributed by atoms with Crippen molar-refractivity contribution in [3.63, 3.8) is 0 Å². The first kappa shape index (κ1) is 11.9. The highest BCUT2D eigenvalue weighted by atomic mass is 35.5. The lowest BCUT2D eigenvalue weighted by atomic mass is 10.1. The Hall–Kier alpha value is -0.550. The molecule has 1 saturated heterocycles. The molecule has 0 aliphatic carbocycles. The highest BCUT2D eigenvalue weighted by Crippen LogP contribution is 2.28. The number of nitrogens with two attached hydrogens (primary N) is 1. The van der Waals surface area contributed by atoms with E-state index < -0.39 is 0 Å². The number of hydrogen-bond donors (Lipinski definition) is 2. The van der Waals surface area contributed by atoms with E-state index in [1.165, 1.54) is 0 Å². The van der Waals surface area contributed by atoms with Gasteiger partial charge in [-0.1, -0.05) is 23.2 Å². The summed E-state index contributed by atoms with van der Waals surface area (Å²) in [6.07, 6.45) is 1.67. The number of aliphatic hydroxyl groups excluding tert-OH is 1. The molecule has 0 amide bonds. The lowest BCUT2D eigenvalue weighted by molar-refractivity contribution is 0.228. The van der Waals surface area contributed by atoms with E-state index in [1.807, 2.05) is 0 Å². The van der Waals surface area contributed by atoms with Gasteiger partial charge in [0, 0.05) is 31.7 Å². The number of pyridine rings is 1. The molecule has 4 nitrogen and oxygen atoms in total. The lowest BCUT2D eigenvalue weighted by Crippen LogP contribution is -2.31. The molecule has 1 aromatic heterocycles. The molecule has 88 valence electrons. The molecule has 0 saturated carbocycles. The van der Waals surface area contributed by atoms with Crippen LogP contribution in [-0.4, -0.2) is 35.8 Å². The maximum Gasteiger partial charge on any atom is 0.147 e. The van der Waals surface area contributed by atoms with E-state index in [0.29, 0.717) is 16.7 Å². The van der Waals surface area contributed by atoms with Gasteiger partial charge in [0.15, 0.2) is 0 Å². The van der Waals surface area contributed by atoms with Crippen LogP contribution in [-0.2, 0) is 0 Å². The summed E-state index contributed by atoms with van der Waals surface area (Å²) in [7, 11) is 0. The van der Waals surface area contributed by atoms with Gasteiger partial charge in [0.2, 0.25) is 0 Å². The zero-order valence-electron chi connectivity index (χ0n) is 8.61. The minimum Gasteiger partial charge on any atom is -0.396 e. The molecule has 2 heterocycles. The quantitative estimate of drug-likeness (QED) is 0.785. The number of hydrogen-bond acceptors (Lipinski definition) is 4. The Morgan fingerprint density at radius 3 is 2.81 bits per heavy atom. The molecule has 3 N–H and O–H groups in total. The summed E-state index contributed by atoms with van der Waals surface area (Å²) >= 11 is 11.6. The second kappa shape index (κ2) is 4.75. The van der Waals surface area contributed by atoms with Crippen molar-refractivity contribution in [1.29, 1.82) is 0 Å². The third kappa shape index (κ3) is 2.25. The second-order valence-electron chi connectivity index (χ2n) is 3.98. The fraction of sp³-hybridized carbons (Fsp3) is 0.500. The van der Waals surface area contributed by atoms with Crippen molar-refractivity contribution in [3.05, 3.63) is 22.4 Å². The first-order valence-corrected chi connectivity index (χ1v) is 5.80. The van der Waals surface area contributed by atoms with Gasteiger partial charge in [-0.25, -0.2) is 4.98 Å². The van der Waals surface area contributed by atoms with E-state index in [4.69, 9.17) is 34.0 Å². The predicted molar refractivity (Wildman–Crippen MR) is 65.0 cm³/mol. The van der Waals surface area contributed by atoms with E-state index in [-0.39, 0.29) is 18.6 Å². The normalized spacial score (nSPS) is 25.1. The molecule has 2 rings (SSSR count). The van der Waals surface area contributed by atoms with Crippen LogP contribution in [0.5, 0.6) is 0 Å². The first-order valence-electron chi connectivity index (χ1n) is 5.04. The summed E-state index contributed by atoms with van der Waals surface area (Å²) in [5, 5.41) is 9.86. The van der Waals surface area contributed by atoms with Crippen LogP contribution in [0, 0.1) is 5.92 Å². The molecule has 0 spiro atoms. The minimum atomic E-state index is -0.0144. The summed E-state index contributed by atoms with van der Waals surface area (Å²) in [6.45, 7) is 1.52. The maximum atomic E-state index is 9.13. The Morgan fingerprint density at radius 1 is 1.50 bits per heavy atom. The van der Waals surface area contributed by atoms with Crippen molar-refractivity contribution in [3.8, 4) is 0 Å². The second-order valence-corrected chi connectivity index (χ2v) is 4.74. The first-order chi connectivity index (χ1) is 7.61. The van der Waals surface area contributed by atoms with Crippen molar-refractivity contribution >= 4 is 28.9 Å². The highest BCUT2D eigenvalue weighted by Gasteiger charge is 2.29. The zero-order valence-corrected chi connectivity index (χ0v) is 10.1. The number of aromatic nitrogens is 1. The van der Waals surface area contributed by atoms with Gasteiger partial charge in [0.1, 0.15) is 5.15 Å². The standard InChI is InChI=1S/C10H13Cl2N3O/c11-8-1-7(2-14-10(8)12)15-3-6(5-16)9(13)4-15/h1-2,6,9,16H,3-5,13H2. The highest BCUT2D eigenvalue weighted by molar-refractivity contribution is 6.41. The van der Waals surface area contributed by atoms with Gasteiger partial charge in [0.25, 0.3) is 0 Å². The van der Waals surface area contributed by atoms with Crippen molar-refractivity contribution in [2.75, 3.05) is 24.6 Å². The summed E-state index contributed by atoms with van der Waals surface area (Å²) < 4.78 is 0. The molecule has 16 heavy (non-hydrogen) atoms. The van der Waals surface area contributed by atoms with Gasteiger partial charge < -0.3 is 15.7 Å². The average Bonchev–Trinajstić information content (AvgIpc) is 2.64. The van der Waals surface area contributed by atoms with Gasteiger partial charge >= 0.3 is 0 Å². The number of halogens is 2. The van der Waals surface area contributed by atoms with Crippen molar-refractivity contribution < 1.29 is 5.11 Å². The third-order valence-corrected chi connectivity index (χ3v) is 3.56. The van der Waals surface area contributed by atoms with E-state index in [9.17, 15) is 0 Å². The minimum absolute atomic E-state index is 0.0144. The van der Waals surface area contributed by atoms with Gasteiger partial charge in [-0.05, 0) is 6.07 Å². The van der Waals surface area contributed by atoms with Gasteiger partial charge in [-0.15, -0.1) is 0 Å². The third-order valence-electron chi connectivity index (χ3n) is 2.87. The molecular formula is C10H13Cl2N3O. The van der Waals surface area contributed by atoms with Crippen LogP contribution < -0.4 is 10.6 Å². The summed E-state index contributed by atoms with van der Waals surface area (Å²) in [4.78, 5) is 6.04. The number of rotatable bonds is 2. The fourth-order valence-corrected chi connectivity index (χ4v) is 2.15.